The highest BCUT2D eigenvalue weighted by Crippen LogP contribution is 2.26. The van der Waals surface area contributed by atoms with Gasteiger partial charge in [0.05, 0.1) is 23.1 Å². The molecule has 0 radical (unpaired) electrons. The maximum absolute atomic E-state index is 12.7. The van der Waals surface area contributed by atoms with E-state index in [1.165, 1.54) is 24.5 Å². The molecule has 0 spiro atoms. The molecule has 0 unspecified atom stereocenters. The fourth-order valence-corrected chi connectivity index (χ4v) is 3.49. The van der Waals surface area contributed by atoms with E-state index in [4.69, 9.17) is 11.6 Å². The number of halogens is 1. The van der Waals surface area contributed by atoms with Crippen LogP contribution in [0.2, 0.25) is 5.02 Å². The van der Waals surface area contributed by atoms with E-state index in [1.807, 2.05) is 26.0 Å². The number of benzene rings is 1. The van der Waals surface area contributed by atoms with Crippen LogP contribution in [-0.2, 0) is 0 Å². The number of nitrogens with one attached hydrogen (secondary N) is 1. The standard InChI is InChI=1S/C18H17ClN4O2S/c1-10(2)16-14(8-20-23(16)13-6-4-5-12(19)7-13)17(25)22-18-21-15(9-26-18)11(3)24/h4-10H,1-3H3,(H,21,22,25). The quantitative estimate of drug-likeness (QED) is 0.650. The molecule has 0 bridgehead atoms. The minimum absolute atomic E-state index is 0.0568. The van der Waals surface area contributed by atoms with Crippen LogP contribution in [0.3, 0.4) is 0 Å². The molecule has 6 nitrogen and oxygen atoms in total. The number of carbonyl (C=O) groups excluding carboxylic acids is 2. The first-order chi connectivity index (χ1) is 12.4. The van der Waals surface area contributed by atoms with E-state index in [1.54, 1.807) is 22.2 Å². The molecule has 134 valence electrons. The molecule has 0 aliphatic carbocycles. The van der Waals surface area contributed by atoms with Crippen molar-refractivity contribution in [2.75, 3.05) is 5.32 Å². The summed E-state index contributed by atoms with van der Waals surface area (Å²) in [6.07, 6.45) is 1.53. The van der Waals surface area contributed by atoms with Crippen molar-refractivity contribution in [3.8, 4) is 5.69 Å². The summed E-state index contributed by atoms with van der Waals surface area (Å²) >= 11 is 7.29. The SMILES string of the molecule is CC(=O)c1csc(NC(=O)c2cnn(-c3cccc(Cl)c3)c2C(C)C)n1. The maximum Gasteiger partial charge on any atom is 0.260 e. The van der Waals surface area contributed by atoms with Gasteiger partial charge in [-0.25, -0.2) is 9.67 Å². The minimum atomic E-state index is -0.313. The van der Waals surface area contributed by atoms with Gasteiger partial charge in [-0.1, -0.05) is 31.5 Å². The Balaban J connectivity index is 1.94. The van der Waals surface area contributed by atoms with Gasteiger partial charge in [-0.2, -0.15) is 5.10 Å². The lowest BCUT2D eigenvalue weighted by atomic mass is 10.1. The molecule has 3 rings (SSSR count). The average molecular weight is 389 g/mol. The second kappa shape index (κ2) is 7.39. The summed E-state index contributed by atoms with van der Waals surface area (Å²) in [5.74, 6) is -0.397. The molecule has 2 heterocycles. The van der Waals surface area contributed by atoms with Crippen molar-refractivity contribution in [2.24, 2.45) is 0 Å². The Morgan fingerprint density at radius 3 is 2.69 bits per heavy atom. The number of anilines is 1. The van der Waals surface area contributed by atoms with Gasteiger partial charge in [0.25, 0.3) is 5.91 Å². The lowest BCUT2D eigenvalue weighted by molar-refractivity contribution is 0.100. The molecule has 0 aliphatic rings. The molecule has 1 aromatic carbocycles. The van der Waals surface area contributed by atoms with E-state index in [-0.39, 0.29) is 17.6 Å². The van der Waals surface area contributed by atoms with Crippen molar-refractivity contribution in [3.63, 3.8) is 0 Å². The Labute approximate surface area is 159 Å². The van der Waals surface area contributed by atoms with E-state index in [2.05, 4.69) is 15.4 Å². The van der Waals surface area contributed by atoms with Crippen LogP contribution in [0.25, 0.3) is 5.69 Å². The molecular weight excluding hydrogens is 372 g/mol. The monoisotopic (exact) mass is 388 g/mol. The summed E-state index contributed by atoms with van der Waals surface area (Å²) in [5, 5.41) is 9.71. The zero-order valence-corrected chi connectivity index (χ0v) is 16.1. The van der Waals surface area contributed by atoms with Crippen molar-refractivity contribution >= 4 is 39.8 Å². The first kappa shape index (κ1) is 18.3. The second-order valence-electron chi connectivity index (χ2n) is 6.04. The number of thiazole rings is 1. The van der Waals surface area contributed by atoms with Crippen LogP contribution in [0, 0.1) is 0 Å². The summed E-state index contributed by atoms with van der Waals surface area (Å²) < 4.78 is 1.72. The molecule has 0 saturated carbocycles. The first-order valence-electron chi connectivity index (χ1n) is 7.98. The third-order valence-corrected chi connectivity index (χ3v) is 4.73. The summed E-state index contributed by atoms with van der Waals surface area (Å²) in [6, 6.07) is 7.29. The number of rotatable bonds is 5. The fraction of sp³-hybridized carbons (Fsp3) is 0.222. The third-order valence-electron chi connectivity index (χ3n) is 3.74. The van der Waals surface area contributed by atoms with Crippen molar-refractivity contribution < 1.29 is 9.59 Å². The number of amides is 1. The zero-order valence-electron chi connectivity index (χ0n) is 14.5. The van der Waals surface area contributed by atoms with E-state index in [9.17, 15) is 9.59 Å². The van der Waals surface area contributed by atoms with Gasteiger partial charge >= 0.3 is 0 Å². The van der Waals surface area contributed by atoms with Gasteiger partial charge in [-0.05, 0) is 24.1 Å². The van der Waals surface area contributed by atoms with Gasteiger partial charge in [0.1, 0.15) is 5.69 Å². The van der Waals surface area contributed by atoms with Gasteiger partial charge in [0, 0.05) is 17.3 Å². The molecule has 0 aliphatic heterocycles. The van der Waals surface area contributed by atoms with Crippen LogP contribution >= 0.6 is 22.9 Å². The Morgan fingerprint density at radius 1 is 1.31 bits per heavy atom. The Morgan fingerprint density at radius 2 is 2.08 bits per heavy atom. The number of ketones is 1. The third kappa shape index (κ3) is 3.68. The summed E-state index contributed by atoms with van der Waals surface area (Å²) in [5.41, 5.74) is 2.35. The van der Waals surface area contributed by atoms with E-state index in [0.29, 0.717) is 21.4 Å². The van der Waals surface area contributed by atoms with E-state index in [0.717, 1.165) is 11.4 Å². The second-order valence-corrected chi connectivity index (χ2v) is 7.33. The number of Topliss-reactive ketones (excluding diaryl/α,β-unsaturated/α-hetero) is 1. The Bertz CT molecular complexity index is 977. The molecular formula is C18H17ClN4O2S. The molecule has 0 fully saturated rings. The lowest BCUT2D eigenvalue weighted by Crippen LogP contribution is -2.15. The highest BCUT2D eigenvalue weighted by atomic mass is 35.5. The molecule has 2 aromatic heterocycles. The van der Waals surface area contributed by atoms with Crippen LogP contribution in [0.15, 0.2) is 35.8 Å². The van der Waals surface area contributed by atoms with Gasteiger partial charge in [-0.15, -0.1) is 11.3 Å². The Hall–Kier alpha value is -2.51. The normalized spacial score (nSPS) is 11.0. The van der Waals surface area contributed by atoms with E-state index >= 15 is 0 Å². The van der Waals surface area contributed by atoms with Crippen LogP contribution in [0.1, 0.15) is 53.2 Å². The summed E-state index contributed by atoms with van der Waals surface area (Å²) in [7, 11) is 0. The van der Waals surface area contributed by atoms with Crippen molar-refractivity contribution in [1.29, 1.82) is 0 Å². The molecule has 0 saturated heterocycles. The molecule has 1 amide bonds. The maximum atomic E-state index is 12.7. The molecule has 26 heavy (non-hydrogen) atoms. The summed E-state index contributed by atoms with van der Waals surface area (Å²) in [4.78, 5) is 28.2. The number of carbonyl (C=O) groups is 2. The van der Waals surface area contributed by atoms with Crippen molar-refractivity contribution in [1.82, 2.24) is 14.8 Å². The highest BCUT2D eigenvalue weighted by Gasteiger charge is 2.22. The van der Waals surface area contributed by atoms with Crippen molar-refractivity contribution in [2.45, 2.75) is 26.7 Å². The molecule has 1 N–H and O–H groups in total. The fourth-order valence-electron chi connectivity index (χ4n) is 2.56. The average Bonchev–Trinajstić information content (AvgIpc) is 3.21. The first-order valence-corrected chi connectivity index (χ1v) is 9.24. The predicted molar refractivity (Wildman–Crippen MR) is 103 cm³/mol. The molecule has 3 aromatic rings. The number of aromatic nitrogens is 3. The van der Waals surface area contributed by atoms with Gasteiger partial charge in [-0.3, -0.25) is 14.9 Å². The van der Waals surface area contributed by atoms with Crippen LogP contribution < -0.4 is 5.32 Å². The van der Waals surface area contributed by atoms with Crippen LogP contribution in [0.5, 0.6) is 0 Å². The largest absolute Gasteiger partial charge is 0.298 e. The smallest absolute Gasteiger partial charge is 0.260 e. The zero-order chi connectivity index (χ0) is 18.8. The minimum Gasteiger partial charge on any atom is -0.298 e. The number of nitrogens with zero attached hydrogens (tertiary/aromatic N) is 3. The lowest BCUT2D eigenvalue weighted by Gasteiger charge is -2.12. The van der Waals surface area contributed by atoms with Crippen LogP contribution in [0.4, 0.5) is 5.13 Å². The topological polar surface area (TPSA) is 76.9 Å². The van der Waals surface area contributed by atoms with Gasteiger partial charge in [0.2, 0.25) is 0 Å². The van der Waals surface area contributed by atoms with E-state index < -0.39 is 0 Å². The highest BCUT2D eigenvalue weighted by molar-refractivity contribution is 7.14. The molecule has 8 heteroatoms. The Kier molecular flexibility index (Phi) is 5.20. The van der Waals surface area contributed by atoms with Gasteiger partial charge < -0.3 is 0 Å². The van der Waals surface area contributed by atoms with Gasteiger partial charge in [0.15, 0.2) is 10.9 Å². The predicted octanol–water partition coefficient (Wildman–Crippen LogP) is 4.56. The number of hydrogen-bond donors (Lipinski definition) is 1. The van der Waals surface area contributed by atoms with Crippen molar-refractivity contribution in [3.05, 3.63) is 57.8 Å². The summed E-state index contributed by atoms with van der Waals surface area (Å²) in [6.45, 7) is 5.42. The number of hydrogen-bond acceptors (Lipinski definition) is 5. The molecule has 0 atom stereocenters. The van der Waals surface area contributed by atoms with Crippen LogP contribution in [-0.4, -0.2) is 26.5 Å².